The highest BCUT2D eigenvalue weighted by molar-refractivity contribution is 5.87. The highest BCUT2D eigenvalue weighted by atomic mass is 16.5. The Hall–Kier alpha value is -2.45. The van der Waals surface area contributed by atoms with Gasteiger partial charge >= 0.3 is 11.9 Å². The number of aryl methyl sites for hydroxylation is 1. The average Bonchev–Trinajstić information content (AvgIpc) is 2.80. The summed E-state index contributed by atoms with van der Waals surface area (Å²) < 4.78 is 10.7. The van der Waals surface area contributed by atoms with Crippen LogP contribution in [0.25, 0.3) is 0 Å². The zero-order chi connectivity index (χ0) is 23.1. The number of carboxylic acid groups (broad SMARTS) is 1. The van der Waals surface area contributed by atoms with E-state index in [1.54, 1.807) is 13.8 Å². The van der Waals surface area contributed by atoms with Crippen LogP contribution in [0.15, 0.2) is 30.3 Å². The van der Waals surface area contributed by atoms with Crippen LogP contribution in [0, 0.1) is 11.8 Å². The van der Waals surface area contributed by atoms with Crippen molar-refractivity contribution in [2.24, 2.45) is 11.8 Å². The van der Waals surface area contributed by atoms with Gasteiger partial charge in [-0.05, 0) is 56.9 Å². The molecule has 32 heavy (non-hydrogen) atoms. The van der Waals surface area contributed by atoms with Crippen molar-refractivity contribution in [3.05, 3.63) is 35.9 Å². The lowest BCUT2D eigenvalue weighted by Crippen LogP contribution is -2.60. The van der Waals surface area contributed by atoms with Gasteiger partial charge in [0.2, 0.25) is 5.91 Å². The Morgan fingerprint density at radius 2 is 2.00 bits per heavy atom. The average molecular weight is 447 g/mol. The van der Waals surface area contributed by atoms with Crippen molar-refractivity contribution in [1.82, 2.24) is 10.2 Å². The largest absolute Gasteiger partial charge is 0.480 e. The van der Waals surface area contributed by atoms with Gasteiger partial charge in [0.1, 0.15) is 12.1 Å². The molecule has 2 aliphatic heterocycles. The number of benzene rings is 1. The highest BCUT2D eigenvalue weighted by Crippen LogP contribution is 2.33. The third-order valence-electron chi connectivity index (χ3n) is 6.49. The summed E-state index contributed by atoms with van der Waals surface area (Å²) in [4.78, 5) is 39.2. The molecule has 2 aliphatic rings. The van der Waals surface area contributed by atoms with Gasteiger partial charge in [-0.25, -0.2) is 4.79 Å². The summed E-state index contributed by atoms with van der Waals surface area (Å²) in [6.07, 6.45) is 2.35. The Kier molecular flexibility index (Phi) is 8.64. The third-order valence-corrected chi connectivity index (χ3v) is 6.49. The fourth-order valence-electron chi connectivity index (χ4n) is 4.70. The fourth-order valence-corrected chi connectivity index (χ4v) is 4.70. The van der Waals surface area contributed by atoms with Gasteiger partial charge in [0.25, 0.3) is 0 Å². The molecule has 0 spiro atoms. The summed E-state index contributed by atoms with van der Waals surface area (Å²) >= 11 is 0. The smallest absolute Gasteiger partial charge is 0.326 e. The summed E-state index contributed by atoms with van der Waals surface area (Å²) in [6.45, 7) is 5.28. The number of amides is 1. The van der Waals surface area contributed by atoms with Crippen LogP contribution in [-0.2, 0) is 30.3 Å². The van der Waals surface area contributed by atoms with Gasteiger partial charge in [0.05, 0.1) is 12.6 Å². The normalized spacial score (nSPS) is 24.8. The van der Waals surface area contributed by atoms with E-state index in [-0.39, 0.29) is 24.3 Å². The van der Waals surface area contributed by atoms with Crippen molar-refractivity contribution < 1.29 is 29.0 Å². The second-order valence-electron chi connectivity index (χ2n) is 8.68. The van der Waals surface area contributed by atoms with Crippen molar-refractivity contribution in [2.45, 2.75) is 57.7 Å². The van der Waals surface area contributed by atoms with Crippen LogP contribution < -0.4 is 5.32 Å². The van der Waals surface area contributed by atoms with Gasteiger partial charge < -0.3 is 19.5 Å². The van der Waals surface area contributed by atoms with Gasteiger partial charge in [0.15, 0.2) is 0 Å². The number of nitrogens with one attached hydrogen (secondary N) is 1. The maximum Gasteiger partial charge on any atom is 0.326 e. The molecule has 1 aromatic rings. The van der Waals surface area contributed by atoms with E-state index in [1.165, 1.54) is 4.90 Å². The molecule has 0 saturated carbocycles. The minimum atomic E-state index is -0.999. The summed E-state index contributed by atoms with van der Waals surface area (Å²) in [6, 6.07) is 7.57. The molecule has 0 aromatic heterocycles. The van der Waals surface area contributed by atoms with Crippen LogP contribution in [0.5, 0.6) is 0 Å². The predicted molar refractivity (Wildman–Crippen MR) is 118 cm³/mol. The van der Waals surface area contributed by atoms with E-state index in [4.69, 9.17) is 9.47 Å². The molecule has 0 aliphatic carbocycles. The van der Waals surface area contributed by atoms with E-state index in [1.807, 2.05) is 30.3 Å². The Labute approximate surface area is 189 Å². The number of hydrogen-bond donors (Lipinski definition) is 2. The quantitative estimate of drug-likeness (QED) is 0.558. The molecular formula is C24H34N2O6. The minimum absolute atomic E-state index is 0.162. The number of nitrogens with zero attached hydrogens (tertiary/aromatic N) is 1. The minimum Gasteiger partial charge on any atom is -0.480 e. The first kappa shape index (κ1) is 24.2. The number of fused-ring (bicyclic) bond motifs is 1. The van der Waals surface area contributed by atoms with Crippen LogP contribution in [0.3, 0.4) is 0 Å². The van der Waals surface area contributed by atoms with Crippen molar-refractivity contribution in [2.75, 3.05) is 26.4 Å². The molecule has 3 unspecified atom stereocenters. The molecule has 0 bridgehead atoms. The summed E-state index contributed by atoms with van der Waals surface area (Å²) in [5.74, 6) is -1.29. The van der Waals surface area contributed by atoms with Crippen LogP contribution in [-0.4, -0.2) is 72.3 Å². The van der Waals surface area contributed by atoms with E-state index < -0.39 is 30.1 Å². The lowest BCUT2D eigenvalue weighted by atomic mass is 9.79. The second kappa shape index (κ2) is 11.4. The van der Waals surface area contributed by atoms with Crippen LogP contribution in [0.4, 0.5) is 0 Å². The number of likely N-dealkylation sites (tertiary alicyclic amines) is 1. The molecule has 8 heteroatoms. The number of rotatable bonds is 9. The van der Waals surface area contributed by atoms with Crippen LogP contribution >= 0.6 is 0 Å². The Balaban J connectivity index is 1.67. The number of piperidine rings is 1. The molecule has 0 radical (unpaired) electrons. The lowest BCUT2D eigenvalue weighted by molar-refractivity contribution is -0.159. The van der Waals surface area contributed by atoms with Gasteiger partial charge in [-0.1, -0.05) is 30.3 Å². The number of carboxylic acids is 1. The SMILES string of the molecule is CCOC(=O)C(CCc1ccccc1)N[C@@H](C)C(=O)N1CC2CCOCC2C[C@H]1C(=O)O. The zero-order valence-corrected chi connectivity index (χ0v) is 18.9. The fraction of sp³-hybridized carbons (Fsp3) is 0.625. The first-order chi connectivity index (χ1) is 15.4. The molecule has 1 amide bonds. The van der Waals surface area contributed by atoms with Crippen LogP contribution in [0.2, 0.25) is 0 Å². The number of aliphatic carboxylic acids is 1. The zero-order valence-electron chi connectivity index (χ0n) is 18.9. The number of carbonyl (C=O) groups is 3. The topological polar surface area (TPSA) is 105 Å². The third kappa shape index (κ3) is 6.07. The maximum absolute atomic E-state index is 13.3. The lowest BCUT2D eigenvalue weighted by Gasteiger charge is -2.45. The van der Waals surface area contributed by atoms with E-state index in [0.717, 1.165) is 12.0 Å². The van der Waals surface area contributed by atoms with Crippen molar-refractivity contribution in [3.63, 3.8) is 0 Å². The summed E-state index contributed by atoms with van der Waals surface area (Å²) in [5.41, 5.74) is 1.09. The van der Waals surface area contributed by atoms with Gasteiger partial charge in [0, 0.05) is 19.8 Å². The number of hydrogen-bond acceptors (Lipinski definition) is 6. The van der Waals surface area contributed by atoms with Crippen LogP contribution in [0.1, 0.15) is 38.7 Å². The number of carbonyl (C=O) groups excluding carboxylic acids is 2. The first-order valence-electron chi connectivity index (χ1n) is 11.5. The van der Waals surface area contributed by atoms with Gasteiger partial charge in [-0.15, -0.1) is 0 Å². The first-order valence-corrected chi connectivity index (χ1v) is 11.5. The van der Waals surface area contributed by atoms with Crippen molar-refractivity contribution in [3.8, 4) is 0 Å². The monoisotopic (exact) mass is 446 g/mol. The maximum atomic E-state index is 13.3. The second-order valence-corrected chi connectivity index (χ2v) is 8.68. The molecule has 3 rings (SSSR count). The Morgan fingerprint density at radius 3 is 2.69 bits per heavy atom. The molecule has 2 heterocycles. The van der Waals surface area contributed by atoms with E-state index in [2.05, 4.69) is 5.32 Å². The molecule has 2 fully saturated rings. The number of ether oxygens (including phenoxy) is 2. The molecule has 2 saturated heterocycles. The molecule has 176 valence electrons. The Bertz CT molecular complexity index is 786. The molecule has 5 atom stereocenters. The standard InChI is InChI=1S/C24H34N2O6/c1-3-32-24(30)20(10-9-17-7-5-4-6-8-17)25-16(2)22(27)26-14-18-11-12-31-15-19(18)13-21(26)23(28)29/h4-8,16,18-21,25H,3,9-15H2,1-2H3,(H,28,29)/t16-,18?,19?,20?,21-/m0/s1. The molecular weight excluding hydrogens is 412 g/mol. The number of esters is 1. The van der Waals surface area contributed by atoms with Gasteiger partial charge in [-0.3, -0.25) is 14.9 Å². The Morgan fingerprint density at radius 1 is 1.25 bits per heavy atom. The van der Waals surface area contributed by atoms with Crippen molar-refractivity contribution >= 4 is 17.8 Å². The van der Waals surface area contributed by atoms with Crippen molar-refractivity contribution in [1.29, 1.82) is 0 Å². The van der Waals surface area contributed by atoms with E-state index >= 15 is 0 Å². The van der Waals surface area contributed by atoms with E-state index in [9.17, 15) is 19.5 Å². The van der Waals surface area contributed by atoms with Gasteiger partial charge in [-0.2, -0.15) is 0 Å². The predicted octanol–water partition coefficient (Wildman–Crippen LogP) is 1.87. The highest BCUT2D eigenvalue weighted by Gasteiger charge is 2.43. The molecule has 2 N–H and O–H groups in total. The summed E-state index contributed by atoms with van der Waals surface area (Å²) in [5, 5.41) is 12.9. The van der Waals surface area contributed by atoms with E-state index in [0.29, 0.717) is 39.0 Å². The molecule has 8 nitrogen and oxygen atoms in total. The summed E-state index contributed by atoms with van der Waals surface area (Å²) in [7, 11) is 0. The molecule has 1 aromatic carbocycles.